The summed E-state index contributed by atoms with van der Waals surface area (Å²) in [5, 5.41) is 8.63. The van der Waals surface area contributed by atoms with Gasteiger partial charge in [-0.1, -0.05) is 0 Å². The van der Waals surface area contributed by atoms with E-state index in [9.17, 15) is 14.4 Å². The molecule has 86 valence electrons. The van der Waals surface area contributed by atoms with E-state index in [0.717, 1.165) is 0 Å². The molecule has 2 N–H and O–H groups in total. The molecule has 0 bridgehead atoms. The fourth-order valence-corrected chi connectivity index (χ4v) is 0.807. The van der Waals surface area contributed by atoms with Gasteiger partial charge in [-0.2, -0.15) is 5.48 Å². The molecular weight excluding hydrogens is 202 g/mol. The Hall–Kier alpha value is -1.11. The third-order valence-electron chi connectivity index (χ3n) is 1.65. The number of hydroxylamine groups is 1. The highest BCUT2D eigenvalue weighted by atomic mass is 16.7. The normalized spacial score (nSPS) is 14.3. The van der Waals surface area contributed by atoms with Crippen molar-refractivity contribution in [3.05, 3.63) is 0 Å². The Bertz CT molecular complexity index is 241. The topological polar surface area (TPSA) is 92.7 Å². The SMILES string of the molecule is CC(=O)CC(ON[C@H](C=O)CO)C(C)=O. The third kappa shape index (κ3) is 6.05. The van der Waals surface area contributed by atoms with Gasteiger partial charge >= 0.3 is 0 Å². The minimum absolute atomic E-state index is 0.0562. The smallest absolute Gasteiger partial charge is 0.161 e. The number of aliphatic hydroxyl groups excluding tert-OH is 1. The first-order valence-corrected chi connectivity index (χ1v) is 4.48. The number of rotatable bonds is 8. The maximum Gasteiger partial charge on any atom is 0.161 e. The van der Waals surface area contributed by atoms with Crippen LogP contribution in [0.3, 0.4) is 0 Å². The van der Waals surface area contributed by atoms with Crippen LogP contribution in [0, 0.1) is 0 Å². The monoisotopic (exact) mass is 217 g/mol. The maximum atomic E-state index is 11.0. The fourth-order valence-electron chi connectivity index (χ4n) is 0.807. The van der Waals surface area contributed by atoms with E-state index in [2.05, 4.69) is 5.48 Å². The van der Waals surface area contributed by atoms with Crippen molar-refractivity contribution in [1.82, 2.24) is 5.48 Å². The molecule has 2 atom stereocenters. The lowest BCUT2D eigenvalue weighted by molar-refractivity contribution is -0.143. The van der Waals surface area contributed by atoms with Gasteiger partial charge in [-0.05, 0) is 13.8 Å². The minimum atomic E-state index is -0.920. The van der Waals surface area contributed by atoms with Crippen LogP contribution in [0.15, 0.2) is 0 Å². The molecule has 0 rings (SSSR count). The summed E-state index contributed by atoms with van der Waals surface area (Å²) in [4.78, 5) is 36.9. The molecule has 0 aliphatic carbocycles. The Morgan fingerprint density at radius 3 is 2.40 bits per heavy atom. The Balaban J connectivity index is 4.11. The van der Waals surface area contributed by atoms with Crippen LogP contribution in [0.2, 0.25) is 0 Å². The zero-order valence-electron chi connectivity index (χ0n) is 8.73. The van der Waals surface area contributed by atoms with Crippen molar-refractivity contribution in [3.8, 4) is 0 Å². The van der Waals surface area contributed by atoms with Crippen molar-refractivity contribution in [1.29, 1.82) is 0 Å². The van der Waals surface area contributed by atoms with Crippen molar-refractivity contribution in [2.24, 2.45) is 0 Å². The summed E-state index contributed by atoms with van der Waals surface area (Å²) >= 11 is 0. The molecule has 1 unspecified atom stereocenters. The number of carbonyl (C=O) groups is 3. The average molecular weight is 217 g/mol. The van der Waals surface area contributed by atoms with Crippen LogP contribution < -0.4 is 5.48 Å². The van der Waals surface area contributed by atoms with Gasteiger partial charge in [0.05, 0.1) is 6.61 Å². The lowest BCUT2D eigenvalue weighted by Crippen LogP contribution is -2.39. The van der Waals surface area contributed by atoms with Crippen molar-refractivity contribution in [2.75, 3.05) is 6.61 Å². The lowest BCUT2D eigenvalue weighted by atomic mass is 10.1. The van der Waals surface area contributed by atoms with E-state index < -0.39 is 18.8 Å². The third-order valence-corrected chi connectivity index (χ3v) is 1.65. The Kier molecular flexibility index (Phi) is 6.68. The molecule has 0 spiro atoms. The van der Waals surface area contributed by atoms with E-state index in [1.54, 1.807) is 0 Å². The molecule has 0 aromatic carbocycles. The van der Waals surface area contributed by atoms with Crippen LogP contribution >= 0.6 is 0 Å². The number of hydrogen-bond acceptors (Lipinski definition) is 6. The second-order valence-electron chi connectivity index (χ2n) is 3.17. The first-order chi connectivity index (χ1) is 7.01. The van der Waals surface area contributed by atoms with E-state index in [-0.39, 0.29) is 18.0 Å². The van der Waals surface area contributed by atoms with Gasteiger partial charge in [0.1, 0.15) is 24.2 Å². The summed E-state index contributed by atoms with van der Waals surface area (Å²) in [6.07, 6.45) is -0.527. The highest BCUT2D eigenvalue weighted by Crippen LogP contribution is 1.99. The van der Waals surface area contributed by atoms with Crippen molar-refractivity contribution >= 4 is 17.9 Å². The summed E-state index contributed by atoms with van der Waals surface area (Å²) < 4.78 is 0. The Morgan fingerprint density at radius 2 is 2.07 bits per heavy atom. The number of aldehydes is 1. The average Bonchev–Trinajstić information content (AvgIpc) is 2.16. The zero-order chi connectivity index (χ0) is 11.8. The van der Waals surface area contributed by atoms with Gasteiger partial charge in [-0.25, -0.2) is 0 Å². The highest BCUT2D eigenvalue weighted by molar-refractivity contribution is 5.87. The van der Waals surface area contributed by atoms with Gasteiger partial charge in [0.15, 0.2) is 5.78 Å². The molecule has 0 radical (unpaired) electrons. The van der Waals surface area contributed by atoms with Crippen LogP contribution in [0.25, 0.3) is 0 Å². The van der Waals surface area contributed by atoms with Crippen molar-refractivity contribution in [2.45, 2.75) is 32.4 Å². The molecule has 0 amide bonds. The summed E-state index contributed by atoms with van der Waals surface area (Å²) in [7, 11) is 0. The summed E-state index contributed by atoms with van der Waals surface area (Å²) in [5.74, 6) is -0.510. The van der Waals surface area contributed by atoms with Gasteiger partial charge in [-0.3, -0.25) is 14.4 Å². The van der Waals surface area contributed by atoms with E-state index in [1.807, 2.05) is 0 Å². The summed E-state index contributed by atoms with van der Waals surface area (Å²) in [5.41, 5.74) is 2.21. The number of ketones is 2. The van der Waals surface area contributed by atoms with E-state index in [1.165, 1.54) is 13.8 Å². The van der Waals surface area contributed by atoms with Crippen LogP contribution in [0.4, 0.5) is 0 Å². The molecule has 0 aliphatic rings. The first kappa shape index (κ1) is 13.9. The quantitative estimate of drug-likeness (QED) is 0.400. The van der Waals surface area contributed by atoms with Crippen LogP contribution in [0.5, 0.6) is 0 Å². The highest BCUT2D eigenvalue weighted by Gasteiger charge is 2.18. The number of Topliss-reactive ketones (excluding diaryl/α,β-unsaturated/α-hetero) is 2. The molecule has 0 aliphatic heterocycles. The molecule has 0 aromatic heterocycles. The molecular formula is C9H15NO5. The predicted octanol–water partition coefficient (Wildman–Crippen LogP) is -0.996. The second kappa shape index (κ2) is 7.22. The minimum Gasteiger partial charge on any atom is -0.394 e. The second-order valence-corrected chi connectivity index (χ2v) is 3.17. The standard InChI is InChI=1S/C9H15NO5/c1-6(13)3-9(7(2)14)15-10-8(4-11)5-12/h4,8-10,12H,3,5H2,1-2H3/t8-,9?/m1/s1. The molecule has 0 saturated heterocycles. The molecule has 15 heavy (non-hydrogen) atoms. The fraction of sp³-hybridized carbons (Fsp3) is 0.667. The maximum absolute atomic E-state index is 11.0. The van der Waals surface area contributed by atoms with Crippen LogP contribution in [0.1, 0.15) is 20.3 Å². The molecule has 6 heteroatoms. The van der Waals surface area contributed by atoms with Crippen LogP contribution in [-0.2, 0) is 19.2 Å². The number of nitrogens with one attached hydrogen (secondary N) is 1. The molecule has 0 aromatic rings. The van der Waals surface area contributed by atoms with E-state index in [4.69, 9.17) is 9.94 Å². The predicted molar refractivity (Wildman–Crippen MR) is 50.9 cm³/mol. The summed E-state index contributed by atoms with van der Waals surface area (Å²) in [6.45, 7) is 2.18. The zero-order valence-corrected chi connectivity index (χ0v) is 8.73. The van der Waals surface area contributed by atoms with E-state index in [0.29, 0.717) is 6.29 Å². The van der Waals surface area contributed by atoms with Crippen LogP contribution in [-0.4, -0.2) is 41.7 Å². The Morgan fingerprint density at radius 1 is 1.47 bits per heavy atom. The van der Waals surface area contributed by atoms with E-state index >= 15 is 0 Å². The molecule has 6 nitrogen and oxygen atoms in total. The Labute approximate surface area is 87.6 Å². The number of hydrogen-bond donors (Lipinski definition) is 2. The van der Waals surface area contributed by atoms with Crippen molar-refractivity contribution < 1.29 is 24.3 Å². The largest absolute Gasteiger partial charge is 0.394 e. The van der Waals surface area contributed by atoms with Gasteiger partial charge in [-0.15, -0.1) is 0 Å². The van der Waals surface area contributed by atoms with Crippen molar-refractivity contribution in [3.63, 3.8) is 0 Å². The van der Waals surface area contributed by atoms with Gasteiger partial charge in [0.2, 0.25) is 0 Å². The summed E-state index contributed by atoms with van der Waals surface area (Å²) in [6, 6.07) is -0.890. The van der Waals surface area contributed by atoms with Gasteiger partial charge in [0, 0.05) is 6.42 Å². The first-order valence-electron chi connectivity index (χ1n) is 4.48. The lowest BCUT2D eigenvalue weighted by Gasteiger charge is -2.16. The number of carbonyl (C=O) groups excluding carboxylic acids is 3. The van der Waals surface area contributed by atoms with Gasteiger partial charge < -0.3 is 9.90 Å². The number of aliphatic hydroxyl groups is 1. The molecule has 0 fully saturated rings. The van der Waals surface area contributed by atoms with Gasteiger partial charge in [0.25, 0.3) is 0 Å². The molecule has 0 heterocycles. The molecule has 0 saturated carbocycles.